The summed E-state index contributed by atoms with van der Waals surface area (Å²) in [5.41, 5.74) is 3.33. The zero-order chi connectivity index (χ0) is 13.0. The Morgan fingerprint density at radius 1 is 1.44 bits per heavy atom. The molecule has 0 fully saturated rings. The summed E-state index contributed by atoms with van der Waals surface area (Å²) in [4.78, 5) is 8.18. The Balaban J connectivity index is 2.17. The Morgan fingerprint density at radius 3 is 2.89 bits per heavy atom. The van der Waals surface area contributed by atoms with Gasteiger partial charge < -0.3 is 0 Å². The van der Waals surface area contributed by atoms with Crippen LogP contribution < -0.4 is 11.3 Å². The van der Waals surface area contributed by atoms with Gasteiger partial charge in [-0.3, -0.25) is 20.9 Å². The fourth-order valence-electron chi connectivity index (χ4n) is 1.74. The minimum absolute atomic E-state index is 0.222. The van der Waals surface area contributed by atoms with Crippen LogP contribution in [0.1, 0.15) is 24.5 Å². The van der Waals surface area contributed by atoms with Gasteiger partial charge in [-0.05, 0) is 19.1 Å². The van der Waals surface area contributed by atoms with Crippen molar-refractivity contribution in [3.63, 3.8) is 0 Å². The minimum Gasteiger partial charge on any atom is -0.271 e. The molecular formula is C11H15FN6. The first-order chi connectivity index (χ1) is 8.74. The highest BCUT2D eigenvalue weighted by atomic mass is 19.1. The van der Waals surface area contributed by atoms with Crippen molar-refractivity contribution in [2.45, 2.75) is 25.9 Å². The molecule has 6 nitrogen and oxygen atoms in total. The average Bonchev–Trinajstić information content (AvgIpc) is 2.84. The summed E-state index contributed by atoms with van der Waals surface area (Å²) in [6.45, 7) is 2.72. The van der Waals surface area contributed by atoms with Gasteiger partial charge in [-0.15, -0.1) is 0 Å². The van der Waals surface area contributed by atoms with Gasteiger partial charge in [0.05, 0.1) is 17.9 Å². The van der Waals surface area contributed by atoms with Crippen molar-refractivity contribution in [2.24, 2.45) is 5.84 Å². The smallest absolute Gasteiger partial charge is 0.141 e. The lowest BCUT2D eigenvalue weighted by Crippen LogP contribution is -2.31. The fraction of sp³-hybridized carbons (Fsp3) is 0.364. The van der Waals surface area contributed by atoms with Crippen molar-refractivity contribution in [3.05, 3.63) is 42.0 Å². The van der Waals surface area contributed by atoms with Crippen molar-refractivity contribution < 1.29 is 4.39 Å². The van der Waals surface area contributed by atoms with Gasteiger partial charge in [-0.25, -0.2) is 9.37 Å². The quantitative estimate of drug-likeness (QED) is 0.599. The Labute approximate surface area is 104 Å². The predicted molar refractivity (Wildman–Crippen MR) is 63.7 cm³/mol. The second kappa shape index (κ2) is 5.65. The summed E-state index contributed by atoms with van der Waals surface area (Å²) >= 11 is 0. The Hall–Kier alpha value is -1.86. The molecule has 2 rings (SSSR count). The number of halogens is 1. The molecule has 2 heterocycles. The van der Waals surface area contributed by atoms with Crippen molar-refractivity contribution in [3.8, 4) is 0 Å². The predicted octanol–water partition coefficient (Wildman–Crippen LogP) is 0.579. The summed E-state index contributed by atoms with van der Waals surface area (Å²) in [6.07, 6.45) is 3.22. The molecule has 0 aromatic carbocycles. The van der Waals surface area contributed by atoms with Crippen LogP contribution in [0.5, 0.6) is 0 Å². The maximum absolute atomic E-state index is 12.8. The summed E-state index contributed by atoms with van der Waals surface area (Å²) < 4.78 is 14.6. The molecule has 0 bridgehead atoms. The van der Waals surface area contributed by atoms with E-state index in [4.69, 9.17) is 5.84 Å². The Kier molecular flexibility index (Phi) is 3.96. The van der Waals surface area contributed by atoms with E-state index in [0.717, 1.165) is 12.4 Å². The lowest BCUT2D eigenvalue weighted by atomic mass is 10.1. The number of hydrogen-bond acceptors (Lipinski definition) is 5. The van der Waals surface area contributed by atoms with Gasteiger partial charge in [0, 0.05) is 13.0 Å². The van der Waals surface area contributed by atoms with Crippen LogP contribution in [0.4, 0.5) is 4.39 Å². The number of hydrazine groups is 1. The zero-order valence-corrected chi connectivity index (χ0v) is 10.0. The third-order valence-corrected chi connectivity index (χ3v) is 2.69. The van der Waals surface area contributed by atoms with E-state index < -0.39 is 0 Å². The molecule has 0 aliphatic carbocycles. The van der Waals surface area contributed by atoms with Crippen molar-refractivity contribution >= 4 is 0 Å². The highest BCUT2D eigenvalue weighted by molar-refractivity contribution is 5.11. The molecule has 0 aliphatic heterocycles. The minimum atomic E-state index is -0.369. The van der Waals surface area contributed by atoms with Gasteiger partial charge in [0.15, 0.2) is 0 Å². The highest BCUT2D eigenvalue weighted by Crippen LogP contribution is 2.14. The first kappa shape index (κ1) is 12.6. The van der Waals surface area contributed by atoms with Crippen LogP contribution in [0.3, 0.4) is 0 Å². The van der Waals surface area contributed by atoms with Gasteiger partial charge in [-0.2, -0.15) is 5.10 Å². The summed E-state index contributed by atoms with van der Waals surface area (Å²) in [6, 6.07) is 2.74. The van der Waals surface area contributed by atoms with Gasteiger partial charge in [0.25, 0.3) is 0 Å². The van der Waals surface area contributed by atoms with Gasteiger partial charge >= 0.3 is 0 Å². The second-order valence-corrected chi connectivity index (χ2v) is 3.82. The van der Waals surface area contributed by atoms with Crippen LogP contribution in [0.15, 0.2) is 24.7 Å². The first-order valence-electron chi connectivity index (χ1n) is 5.68. The van der Waals surface area contributed by atoms with Crippen LogP contribution in [0.25, 0.3) is 0 Å². The third-order valence-electron chi connectivity index (χ3n) is 2.69. The molecule has 18 heavy (non-hydrogen) atoms. The average molecular weight is 250 g/mol. The van der Waals surface area contributed by atoms with Gasteiger partial charge in [-0.1, -0.05) is 0 Å². The van der Waals surface area contributed by atoms with E-state index in [1.54, 1.807) is 10.7 Å². The van der Waals surface area contributed by atoms with E-state index in [0.29, 0.717) is 12.1 Å². The maximum atomic E-state index is 12.8. The van der Waals surface area contributed by atoms with Crippen molar-refractivity contribution in [2.75, 3.05) is 0 Å². The number of nitrogens with zero attached hydrogens (tertiary/aromatic N) is 4. The molecule has 2 aromatic rings. The number of hydrogen-bond donors (Lipinski definition) is 2. The summed E-state index contributed by atoms with van der Waals surface area (Å²) in [7, 11) is 0. The number of pyridine rings is 1. The van der Waals surface area contributed by atoms with Crippen LogP contribution in [0.2, 0.25) is 0 Å². The number of rotatable bonds is 5. The normalized spacial score (nSPS) is 12.6. The van der Waals surface area contributed by atoms with Crippen LogP contribution in [-0.2, 0) is 13.0 Å². The maximum Gasteiger partial charge on any atom is 0.141 e. The molecule has 3 N–H and O–H groups in total. The van der Waals surface area contributed by atoms with Crippen molar-refractivity contribution in [1.82, 2.24) is 25.2 Å². The molecular weight excluding hydrogens is 235 g/mol. The highest BCUT2D eigenvalue weighted by Gasteiger charge is 2.15. The molecule has 7 heteroatoms. The van der Waals surface area contributed by atoms with E-state index in [9.17, 15) is 4.39 Å². The first-order valence-corrected chi connectivity index (χ1v) is 5.68. The molecule has 2 aromatic heterocycles. The topological polar surface area (TPSA) is 81.7 Å². The van der Waals surface area contributed by atoms with Crippen LogP contribution in [-0.4, -0.2) is 19.7 Å². The van der Waals surface area contributed by atoms with Gasteiger partial charge in [0.2, 0.25) is 0 Å². The van der Waals surface area contributed by atoms with E-state index in [1.807, 2.05) is 6.92 Å². The molecule has 0 saturated carbocycles. The van der Waals surface area contributed by atoms with E-state index >= 15 is 0 Å². The standard InChI is InChI=1S/C11H15FN6/c1-2-18-11(15-7-16-18)5-10(17-13)9-4-3-8(12)6-14-9/h3-4,6-7,10,17H,2,5,13H2,1H3. The third kappa shape index (κ3) is 2.69. The Morgan fingerprint density at radius 2 is 2.28 bits per heavy atom. The lowest BCUT2D eigenvalue weighted by molar-refractivity contribution is 0.498. The lowest BCUT2D eigenvalue weighted by Gasteiger charge is -2.14. The fourth-order valence-corrected chi connectivity index (χ4v) is 1.74. The molecule has 0 aliphatic rings. The number of nitrogens with one attached hydrogen (secondary N) is 1. The Bertz CT molecular complexity index is 494. The molecule has 1 atom stereocenters. The number of aromatic nitrogens is 4. The molecule has 0 amide bonds. The monoisotopic (exact) mass is 250 g/mol. The molecule has 0 radical (unpaired) electrons. The largest absolute Gasteiger partial charge is 0.271 e. The summed E-state index contributed by atoms with van der Waals surface area (Å²) in [5, 5.41) is 4.09. The molecule has 1 unspecified atom stereocenters. The van der Waals surface area contributed by atoms with Crippen LogP contribution in [0, 0.1) is 5.82 Å². The number of aryl methyl sites for hydroxylation is 1. The van der Waals surface area contributed by atoms with Crippen molar-refractivity contribution in [1.29, 1.82) is 0 Å². The second-order valence-electron chi connectivity index (χ2n) is 3.82. The molecule has 96 valence electrons. The zero-order valence-electron chi connectivity index (χ0n) is 10.0. The van der Waals surface area contributed by atoms with E-state index in [2.05, 4.69) is 20.5 Å². The summed E-state index contributed by atoms with van der Waals surface area (Å²) in [5.74, 6) is 5.95. The van der Waals surface area contributed by atoms with Crippen LogP contribution >= 0.6 is 0 Å². The molecule has 0 saturated heterocycles. The van der Waals surface area contributed by atoms with E-state index in [1.165, 1.54) is 18.6 Å². The number of nitrogens with two attached hydrogens (primary N) is 1. The van der Waals surface area contributed by atoms with E-state index in [-0.39, 0.29) is 11.9 Å². The molecule has 0 spiro atoms. The van der Waals surface area contributed by atoms with Gasteiger partial charge in [0.1, 0.15) is 18.0 Å². The SMILES string of the molecule is CCn1ncnc1CC(NN)c1ccc(F)cn1.